The maximum absolute atomic E-state index is 10.2. The number of nitriles is 1. The van der Waals surface area contributed by atoms with Crippen LogP contribution in [0.1, 0.15) is 26.2 Å². The first-order chi connectivity index (χ1) is 6.66. The second-order valence-corrected chi connectivity index (χ2v) is 3.15. The van der Waals surface area contributed by atoms with Crippen molar-refractivity contribution in [3.8, 4) is 6.07 Å². The van der Waals surface area contributed by atoms with E-state index in [9.17, 15) is 4.79 Å². The predicted molar refractivity (Wildman–Crippen MR) is 53.0 cm³/mol. The van der Waals surface area contributed by atoms with Crippen LogP contribution in [0.3, 0.4) is 0 Å². The van der Waals surface area contributed by atoms with Crippen LogP contribution in [0.25, 0.3) is 0 Å². The number of nitrogens with one attached hydrogen (secondary N) is 2. The summed E-state index contributed by atoms with van der Waals surface area (Å²) in [4.78, 5) is 10.2. The van der Waals surface area contributed by atoms with Gasteiger partial charge in [0, 0.05) is 12.5 Å². The molecule has 0 bridgehead atoms. The van der Waals surface area contributed by atoms with E-state index < -0.39 is 6.09 Å². The van der Waals surface area contributed by atoms with Crippen molar-refractivity contribution in [3.05, 3.63) is 0 Å². The fraction of sp³-hybridized carbons (Fsp3) is 0.778. The maximum Gasteiger partial charge on any atom is 0.404 e. The van der Waals surface area contributed by atoms with Gasteiger partial charge in [0.1, 0.15) is 0 Å². The van der Waals surface area contributed by atoms with Gasteiger partial charge in [-0.1, -0.05) is 0 Å². The minimum absolute atomic E-state index is 0.0315. The van der Waals surface area contributed by atoms with Crippen LogP contribution < -0.4 is 10.6 Å². The van der Waals surface area contributed by atoms with Crippen molar-refractivity contribution < 1.29 is 9.90 Å². The molecule has 0 saturated carbocycles. The highest BCUT2D eigenvalue weighted by Crippen LogP contribution is 1.89. The Bertz CT molecular complexity index is 201. The highest BCUT2D eigenvalue weighted by Gasteiger charge is 2.03. The molecule has 0 rings (SSSR count). The first-order valence-corrected chi connectivity index (χ1v) is 4.74. The van der Waals surface area contributed by atoms with Gasteiger partial charge in [0.15, 0.2) is 0 Å². The lowest BCUT2D eigenvalue weighted by Gasteiger charge is -2.11. The second kappa shape index (κ2) is 8.32. The van der Waals surface area contributed by atoms with E-state index in [-0.39, 0.29) is 6.04 Å². The quantitative estimate of drug-likeness (QED) is 0.532. The van der Waals surface area contributed by atoms with E-state index in [4.69, 9.17) is 10.4 Å². The van der Waals surface area contributed by atoms with Crippen molar-refractivity contribution in [2.75, 3.05) is 13.1 Å². The number of hydrogen-bond donors (Lipinski definition) is 3. The van der Waals surface area contributed by atoms with Gasteiger partial charge in [-0.15, -0.1) is 0 Å². The molecule has 0 aliphatic heterocycles. The first-order valence-electron chi connectivity index (χ1n) is 4.74. The summed E-state index contributed by atoms with van der Waals surface area (Å²) in [6, 6.07) is 2.03. The Morgan fingerprint density at radius 1 is 1.57 bits per heavy atom. The Morgan fingerprint density at radius 2 is 2.29 bits per heavy atom. The van der Waals surface area contributed by atoms with Crippen LogP contribution in [0.4, 0.5) is 4.79 Å². The van der Waals surface area contributed by atoms with E-state index in [0.29, 0.717) is 6.42 Å². The molecule has 0 aliphatic carbocycles. The van der Waals surface area contributed by atoms with E-state index in [2.05, 4.69) is 16.7 Å². The number of amides is 1. The lowest BCUT2D eigenvalue weighted by molar-refractivity contribution is 0.190. The highest BCUT2D eigenvalue weighted by molar-refractivity contribution is 5.64. The molecule has 14 heavy (non-hydrogen) atoms. The van der Waals surface area contributed by atoms with Crippen LogP contribution in [0.5, 0.6) is 0 Å². The van der Waals surface area contributed by atoms with Gasteiger partial charge in [0.2, 0.25) is 0 Å². The molecule has 0 fully saturated rings. The molecule has 0 heterocycles. The molecule has 0 radical (unpaired) electrons. The van der Waals surface area contributed by atoms with Gasteiger partial charge in [-0.3, -0.25) is 0 Å². The van der Waals surface area contributed by atoms with Crippen LogP contribution in [-0.4, -0.2) is 30.3 Å². The van der Waals surface area contributed by atoms with E-state index in [1.165, 1.54) is 0 Å². The standard InChI is InChI=1S/C9H17N3O2/c1-8(12-9(13)14)4-7-11-6-3-2-5-10/h8,11-12H,2-4,6-7H2,1H3,(H,13,14)/t8-/m1/s1. The van der Waals surface area contributed by atoms with E-state index in [1.54, 1.807) is 0 Å². The van der Waals surface area contributed by atoms with Gasteiger partial charge >= 0.3 is 6.09 Å². The summed E-state index contributed by atoms with van der Waals surface area (Å²) in [5, 5.41) is 22.2. The molecule has 0 aromatic rings. The zero-order valence-corrected chi connectivity index (χ0v) is 8.42. The fourth-order valence-corrected chi connectivity index (χ4v) is 1.02. The van der Waals surface area contributed by atoms with Gasteiger partial charge in [0.25, 0.3) is 0 Å². The zero-order valence-electron chi connectivity index (χ0n) is 8.42. The Labute approximate surface area is 84.1 Å². The molecule has 0 aromatic carbocycles. The monoisotopic (exact) mass is 199 g/mol. The lowest BCUT2D eigenvalue weighted by Crippen LogP contribution is -2.33. The number of hydrogen-bond acceptors (Lipinski definition) is 3. The van der Waals surface area contributed by atoms with Crippen molar-refractivity contribution >= 4 is 6.09 Å². The van der Waals surface area contributed by atoms with Crippen molar-refractivity contribution in [3.63, 3.8) is 0 Å². The van der Waals surface area contributed by atoms with E-state index >= 15 is 0 Å². The van der Waals surface area contributed by atoms with E-state index in [0.717, 1.165) is 25.9 Å². The van der Waals surface area contributed by atoms with Crippen LogP contribution in [0.15, 0.2) is 0 Å². The number of carbonyl (C=O) groups is 1. The van der Waals surface area contributed by atoms with Crippen LogP contribution in [0.2, 0.25) is 0 Å². The largest absolute Gasteiger partial charge is 0.465 e. The average molecular weight is 199 g/mol. The Morgan fingerprint density at radius 3 is 2.86 bits per heavy atom. The Hall–Kier alpha value is -1.28. The summed E-state index contributed by atoms with van der Waals surface area (Å²) in [6.45, 7) is 3.41. The van der Waals surface area contributed by atoms with Crippen molar-refractivity contribution in [2.45, 2.75) is 32.2 Å². The number of nitrogens with zero attached hydrogens (tertiary/aromatic N) is 1. The summed E-state index contributed by atoms with van der Waals surface area (Å²) < 4.78 is 0. The molecule has 3 N–H and O–H groups in total. The normalized spacial score (nSPS) is 11.7. The molecule has 0 saturated heterocycles. The van der Waals surface area contributed by atoms with Crippen LogP contribution in [0, 0.1) is 11.3 Å². The number of carboxylic acid groups (broad SMARTS) is 1. The molecular formula is C9H17N3O2. The molecule has 1 atom stereocenters. The highest BCUT2D eigenvalue weighted by atomic mass is 16.4. The smallest absolute Gasteiger partial charge is 0.404 e. The number of rotatable bonds is 7. The summed E-state index contributed by atoms with van der Waals surface area (Å²) in [5.41, 5.74) is 0. The SMILES string of the molecule is C[C@H](CCNCCCC#N)NC(=O)O. The summed E-state index contributed by atoms with van der Waals surface area (Å²) in [7, 11) is 0. The van der Waals surface area contributed by atoms with Gasteiger partial charge < -0.3 is 15.7 Å². The molecule has 0 aromatic heterocycles. The minimum atomic E-state index is -0.984. The third-order valence-corrected chi connectivity index (χ3v) is 1.77. The summed E-state index contributed by atoms with van der Waals surface area (Å²) >= 11 is 0. The minimum Gasteiger partial charge on any atom is -0.465 e. The molecule has 0 aliphatic rings. The Balaban J connectivity index is 3.19. The molecule has 5 heteroatoms. The lowest BCUT2D eigenvalue weighted by atomic mass is 10.2. The second-order valence-electron chi connectivity index (χ2n) is 3.15. The van der Waals surface area contributed by atoms with Crippen molar-refractivity contribution in [1.29, 1.82) is 5.26 Å². The van der Waals surface area contributed by atoms with Crippen LogP contribution in [-0.2, 0) is 0 Å². The van der Waals surface area contributed by atoms with Crippen molar-refractivity contribution in [2.24, 2.45) is 0 Å². The van der Waals surface area contributed by atoms with Gasteiger partial charge in [0.05, 0.1) is 6.07 Å². The fourth-order valence-electron chi connectivity index (χ4n) is 1.02. The van der Waals surface area contributed by atoms with Gasteiger partial charge in [-0.2, -0.15) is 5.26 Å². The molecule has 80 valence electrons. The topological polar surface area (TPSA) is 85.2 Å². The summed E-state index contributed by atoms with van der Waals surface area (Å²) in [5.74, 6) is 0. The summed E-state index contributed by atoms with van der Waals surface area (Å²) in [6.07, 6.45) is 1.19. The van der Waals surface area contributed by atoms with Crippen molar-refractivity contribution in [1.82, 2.24) is 10.6 Å². The molecule has 5 nitrogen and oxygen atoms in total. The molecule has 1 amide bonds. The third-order valence-electron chi connectivity index (χ3n) is 1.77. The molecule has 0 unspecified atom stereocenters. The van der Waals surface area contributed by atoms with Gasteiger partial charge in [-0.25, -0.2) is 4.79 Å². The third kappa shape index (κ3) is 8.81. The molecule has 0 spiro atoms. The van der Waals surface area contributed by atoms with E-state index in [1.807, 2.05) is 6.92 Å². The van der Waals surface area contributed by atoms with Crippen LogP contribution >= 0.6 is 0 Å². The first kappa shape index (κ1) is 12.7. The predicted octanol–water partition coefficient (Wildman–Crippen LogP) is 0.926. The Kier molecular flexibility index (Phi) is 7.56. The average Bonchev–Trinajstić information content (AvgIpc) is 2.10. The zero-order chi connectivity index (χ0) is 10.8. The maximum atomic E-state index is 10.2. The number of unbranched alkanes of at least 4 members (excludes halogenated alkanes) is 1. The van der Waals surface area contributed by atoms with Gasteiger partial charge in [-0.05, 0) is 32.9 Å². The molecular weight excluding hydrogens is 182 g/mol.